The van der Waals surface area contributed by atoms with Gasteiger partial charge >= 0.3 is 0 Å². The van der Waals surface area contributed by atoms with Gasteiger partial charge in [0.2, 0.25) is 0 Å². The van der Waals surface area contributed by atoms with Crippen molar-refractivity contribution in [2.45, 2.75) is 13.8 Å². The third-order valence-corrected chi connectivity index (χ3v) is 6.05. The summed E-state index contributed by atoms with van der Waals surface area (Å²) in [6.45, 7) is 7.03. The standard InChI is InChI=1S/C18H22N4O2S2/c1-3-22(4-2)18-21-17-15(26-18)11-14(25-17)16(23)20-12-5-7-13(8-6-12)24-10-9-19/h5-8,11H,3-4,9-10,19H2,1-2H3,(H,20,23). The highest BCUT2D eigenvalue weighted by Crippen LogP contribution is 2.34. The van der Waals surface area contributed by atoms with Crippen molar-refractivity contribution in [1.29, 1.82) is 0 Å². The average molecular weight is 391 g/mol. The topological polar surface area (TPSA) is 80.5 Å². The molecule has 26 heavy (non-hydrogen) atoms. The molecule has 0 aliphatic rings. The Bertz CT molecular complexity index is 838. The summed E-state index contributed by atoms with van der Waals surface area (Å²) in [7, 11) is 0. The predicted molar refractivity (Wildman–Crippen MR) is 110 cm³/mol. The average Bonchev–Trinajstić information content (AvgIpc) is 3.21. The number of hydrogen-bond donors (Lipinski definition) is 2. The number of nitrogens with one attached hydrogen (secondary N) is 1. The molecule has 0 unspecified atom stereocenters. The maximum absolute atomic E-state index is 12.5. The van der Waals surface area contributed by atoms with Gasteiger partial charge in [-0.3, -0.25) is 4.79 Å². The number of thiophene rings is 1. The van der Waals surface area contributed by atoms with Gasteiger partial charge in [0.25, 0.3) is 5.91 Å². The van der Waals surface area contributed by atoms with Crippen LogP contribution in [0.4, 0.5) is 10.8 Å². The summed E-state index contributed by atoms with van der Waals surface area (Å²) in [4.78, 5) is 20.9. The number of aromatic nitrogens is 1. The van der Waals surface area contributed by atoms with Gasteiger partial charge in [0.15, 0.2) is 5.13 Å². The maximum Gasteiger partial charge on any atom is 0.265 e. The number of amides is 1. The molecule has 0 bridgehead atoms. The number of hydrogen-bond acceptors (Lipinski definition) is 7. The number of anilines is 2. The van der Waals surface area contributed by atoms with Crippen LogP contribution in [0.5, 0.6) is 5.75 Å². The SMILES string of the molecule is CCN(CC)c1nc2sc(C(=O)Nc3ccc(OCCN)cc3)cc2s1. The number of carbonyl (C=O) groups excluding carboxylic acids is 1. The lowest BCUT2D eigenvalue weighted by Crippen LogP contribution is -2.21. The summed E-state index contributed by atoms with van der Waals surface area (Å²) < 4.78 is 6.48. The van der Waals surface area contributed by atoms with Crippen molar-refractivity contribution in [3.05, 3.63) is 35.2 Å². The molecule has 0 radical (unpaired) electrons. The zero-order valence-corrected chi connectivity index (χ0v) is 16.5. The molecular weight excluding hydrogens is 368 g/mol. The van der Waals surface area contributed by atoms with Gasteiger partial charge in [-0.25, -0.2) is 4.98 Å². The van der Waals surface area contributed by atoms with E-state index >= 15 is 0 Å². The fraction of sp³-hybridized carbons (Fsp3) is 0.333. The van der Waals surface area contributed by atoms with Crippen molar-refractivity contribution in [3.8, 4) is 5.75 Å². The van der Waals surface area contributed by atoms with Crippen molar-refractivity contribution < 1.29 is 9.53 Å². The summed E-state index contributed by atoms with van der Waals surface area (Å²) in [5.74, 6) is 0.610. The molecule has 1 aromatic carbocycles. The highest BCUT2D eigenvalue weighted by Gasteiger charge is 2.16. The van der Waals surface area contributed by atoms with E-state index in [2.05, 4.69) is 29.0 Å². The van der Waals surface area contributed by atoms with Gasteiger partial charge in [-0.2, -0.15) is 0 Å². The lowest BCUT2D eigenvalue weighted by Gasteiger charge is -2.16. The fourth-order valence-electron chi connectivity index (χ4n) is 2.47. The zero-order chi connectivity index (χ0) is 18.5. The molecule has 2 aromatic heterocycles. The molecule has 0 fully saturated rings. The number of thiazole rings is 1. The monoisotopic (exact) mass is 390 g/mol. The molecule has 0 saturated carbocycles. The van der Waals surface area contributed by atoms with Crippen LogP contribution in [-0.2, 0) is 0 Å². The summed E-state index contributed by atoms with van der Waals surface area (Å²) in [6.07, 6.45) is 0. The molecule has 8 heteroatoms. The van der Waals surface area contributed by atoms with Gasteiger partial charge in [0, 0.05) is 25.3 Å². The van der Waals surface area contributed by atoms with Crippen LogP contribution in [0.15, 0.2) is 30.3 Å². The third-order valence-electron chi connectivity index (χ3n) is 3.83. The number of benzene rings is 1. The van der Waals surface area contributed by atoms with Crippen molar-refractivity contribution in [1.82, 2.24) is 4.98 Å². The molecule has 0 atom stereocenters. The van der Waals surface area contributed by atoms with Gasteiger partial charge in [-0.15, -0.1) is 11.3 Å². The smallest absolute Gasteiger partial charge is 0.265 e. The summed E-state index contributed by atoms with van der Waals surface area (Å²) in [5.41, 5.74) is 6.14. The van der Waals surface area contributed by atoms with Gasteiger partial charge in [0.1, 0.15) is 17.2 Å². The molecule has 0 aliphatic heterocycles. The van der Waals surface area contributed by atoms with E-state index in [9.17, 15) is 4.79 Å². The Hall–Kier alpha value is -2.16. The first kappa shape index (κ1) is 18.6. The Labute approximate surface area is 160 Å². The Kier molecular flexibility index (Phi) is 6.08. The Balaban J connectivity index is 1.68. The highest BCUT2D eigenvalue weighted by molar-refractivity contribution is 7.29. The lowest BCUT2D eigenvalue weighted by atomic mass is 10.3. The number of fused-ring (bicyclic) bond motifs is 1. The van der Waals surface area contributed by atoms with E-state index < -0.39 is 0 Å². The van der Waals surface area contributed by atoms with Crippen LogP contribution >= 0.6 is 22.7 Å². The molecule has 3 N–H and O–H groups in total. The molecular formula is C18H22N4O2S2. The first-order valence-corrected chi connectivity index (χ1v) is 10.2. The third kappa shape index (κ3) is 4.14. The van der Waals surface area contributed by atoms with Gasteiger partial charge < -0.3 is 20.7 Å². The van der Waals surface area contributed by atoms with Crippen molar-refractivity contribution >= 4 is 48.9 Å². The van der Waals surface area contributed by atoms with Crippen molar-refractivity contribution in [2.75, 3.05) is 36.5 Å². The predicted octanol–water partition coefficient (Wildman–Crippen LogP) is 3.79. The summed E-state index contributed by atoms with van der Waals surface area (Å²) in [5, 5.41) is 3.92. The van der Waals surface area contributed by atoms with Crippen molar-refractivity contribution in [2.24, 2.45) is 5.73 Å². The molecule has 1 amide bonds. The number of nitrogens with zero attached hydrogens (tertiary/aromatic N) is 2. The fourth-order valence-corrected chi connectivity index (χ4v) is 4.70. The minimum absolute atomic E-state index is 0.125. The van der Waals surface area contributed by atoms with E-state index in [0.717, 1.165) is 39.2 Å². The van der Waals surface area contributed by atoms with Crippen LogP contribution in [0.1, 0.15) is 23.5 Å². The normalized spacial score (nSPS) is 10.9. The second-order valence-corrected chi connectivity index (χ2v) is 7.60. The van der Waals surface area contributed by atoms with Gasteiger partial charge in [0.05, 0.1) is 9.58 Å². The zero-order valence-electron chi connectivity index (χ0n) is 14.8. The Morgan fingerprint density at radius 1 is 1.23 bits per heavy atom. The molecule has 0 spiro atoms. The quantitative estimate of drug-likeness (QED) is 0.612. The first-order valence-electron chi connectivity index (χ1n) is 8.54. The van der Waals surface area contributed by atoms with Gasteiger partial charge in [-0.1, -0.05) is 11.3 Å². The van der Waals surface area contributed by atoms with Gasteiger partial charge in [-0.05, 0) is 44.2 Å². The minimum Gasteiger partial charge on any atom is -0.492 e. The van der Waals surface area contributed by atoms with E-state index in [-0.39, 0.29) is 5.91 Å². The molecule has 3 rings (SSSR count). The summed E-state index contributed by atoms with van der Waals surface area (Å²) in [6, 6.07) is 9.18. The highest BCUT2D eigenvalue weighted by atomic mass is 32.1. The van der Waals surface area contributed by atoms with Crippen LogP contribution in [0.25, 0.3) is 9.53 Å². The molecule has 3 aromatic rings. The maximum atomic E-state index is 12.5. The van der Waals surface area contributed by atoms with E-state index in [1.807, 2.05) is 30.3 Å². The Morgan fingerprint density at radius 2 is 1.96 bits per heavy atom. The largest absolute Gasteiger partial charge is 0.492 e. The second kappa shape index (κ2) is 8.48. The minimum atomic E-state index is -0.125. The van der Waals surface area contributed by atoms with Crippen LogP contribution in [0.2, 0.25) is 0 Å². The van der Waals surface area contributed by atoms with Crippen LogP contribution in [0, 0.1) is 0 Å². The van der Waals surface area contributed by atoms with Crippen LogP contribution < -0.4 is 20.7 Å². The van der Waals surface area contributed by atoms with Crippen LogP contribution in [-0.4, -0.2) is 37.1 Å². The molecule has 6 nitrogen and oxygen atoms in total. The molecule has 0 saturated heterocycles. The number of rotatable bonds is 8. The second-order valence-electron chi connectivity index (χ2n) is 5.56. The van der Waals surface area contributed by atoms with E-state index in [4.69, 9.17) is 10.5 Å². The van der Waals surface area contributed by atoms with Crippen molar-refractivity contribution in [3.63, 3.8) is 0 Å². The first-order chi connectivity index (χ1) is 12.6. The number of nitrogens with two attached hydrogens (primary N) is 1. The van der Waals surface area contributed by atoms with E-state index in [1.165, 1.54) is 11.3 Å². The Morgan fingerprint density at radius 3 is 2.58 bits per heavy atom. The molecule has 2 heterocycles. The van der Waals surface area contributed by atoms with Crippen LogP contribution in [0.3, 0.4) is 0 Å². The lowest BCUT2D eigenvalue weighted by molar-refractivity contribution is 0.103. The number of ether oxygens (including phenoxy) is 1. The van der Waals surface area contributed by atoms with E-state index in [1.54, 1.807) is 11.3 Å². The summed E-state index contributed by atoms with van der Waals surface area (Å²) >= 11 is 3.05. The van der Waals surface area contributed by atoms with E-state index in [0.29, 0.717) is 18.0 Å². The number of carbonyl (C=O) groups is 1. The molecule has 0 aliphatic carbocycles. The molecule has 138 valence electrons.